The van der Waals surface area contributed by atoms with Gasteiger partial charge >= 0.3 is 0 Å². The molecule has 0 aliphatic rings. The van der Waals surface area contributed by atoms with Crippen molar-refractivity contribution in [2.24, 2.45) is 0 Å². The summed E-state index contributed by atoms with van der Waals surface area (Å²) in [6.45, 7) is 8.79. The number of thiocarbonyl (C=S) groups is 4. The molecule has 41 heavy (non-hydrogen) atoms. The molecule has 0 amide bonds. The Balaban J connectivity index is 2.29. The van der Waals surface area contributed by atoms with Crippen LogP contribution < -0.4 is 26.0 Å². The average molecular weight is 677 g/mol. The van der Waals surface area contributed by atoms with Crippen molar-refractivity contribution >= 4 is 89.4 Å². The van der Waals surface area contributed by atoms with Crippen LogP contribution in [0.1, 0.15) is 27.7 Å². The Morgan fingerprint density at radius 3 is 1.02 bits per heavy atom. The van der Waals surface area contributed by atoms with Crippen LogP contribution in [0, 0.1) is 0 Å². The molecule has 0 atom stereocenters. The van der Waals surface area contributed by atoms with E-state index in [1.807, 2.05) is 0 Å². The van der Waals surface area contributed by atoms with E-state index in [1.165, 1.54) is 48.5 Å². The minimum absolute atomic E-state index is 0.0511. The molecule has 0 saturated carbocycles. The zero-order valence-corrected chi connectivity index (χ0v) is 27.7. The number of sulfonamides is 2. The zero-order chi connectivity index (χ0) is 30.8. The van der Waals surface area contributed by atoms with Crippen LogP contribution >= 0.6 is 48.9 Å². The second-order valence-electron chi connectivity index (χ2n) is 7.93. The van der Waals surface area contributed by atoms with Crippen LogP contribution in [-0.4, -0.2) is 72.1 Å². The van der Waals surface area contributed by atoms with E-state index in [0.29, 0.717) is 37.7 Å². The topological polar surface area (TPSA) is 132 Å². The lowest BCUT2D eigenvalue weighted by molar-refractivity contribution is 0.481. The van der Waals surface area contributed by atoms with Gasteiger partial charge in [-0.25, -0.2) is 16.8 Å². The summed E-state index contributed by atoms with van der Waals surface area (Å²) in [5.41, 5.74) is 0. The second-order valence-corrected chi connectivity index (χ2v) is 13.0. The molecular formula is C24H32N6O5S6. The highest BCUT2D eigenvalue weighted by Crippen LogP contribution is 2.27. The van der Waals surface area contributed by atoms with Gasteiger partial charge in [0.2, 0.25) is 0 Å². The van der Waals surface area contributed by atoms with Crippen molar-refractivity contribution in [2.45, 2.75) is 37.5 Å². The summed E-state index contributed by atoms with van der Waals surface area (Å²) in [7, 11) is -8.24. The van der Waals surface area contributed by atoms with Crippen LogP contribution in [0.5, 0.6) is 11.5 Å². The number of hydrogen-bond donors (Lipinski definition) is 4. The maximum Gasteiger partial charge on any atom is 0.272 e. The van der Waals surface area contributed by atoms with Gasteiger partial charge in [-0.15, -0.1) is 0 Å². The van der Waals surface area contributed by atoms with Crippen LogP contribution in [0.4, 0.5) is 0 Å². The number of hydrogen-bond acceptors (Lipinski definition) is 9. The zero-order valence-electron chi connectivity index (χ0n) is 22.8. The smallest absolute Gasteiger partial charge is 0.272 e. The lowest BCUT2D eigenvalue weighted by atomic mass is 10.3. The van der Waals surface area contributed by atoms with Gasteiger partial charge in [0.1, 0.15) is 11.5 Å². The average Bonchev–Trinajstić information content (AvgIpc) is 2.90. The number of nitrogens with one attached hydrogen (secondary N) is 4. The molecule has 0 unspecified atom stereocenters. The number of benzene rings is 2. The Kier molecular flexibility index (Phi) is 13.0. The van der Waals surface area contributed by atoms with E-state index in [2.05, 4.69) is 21.3 Å². The maximum absolute atomic E-state index is 13.3. The Bertz CT molecular complexity index is 1320. The Morgan fingerprint density at radius 2 is 0.805 bits per heavy atom. The Hall–Kier alpha value is -2.70. The van der Waals surface area contributed by atoms with Crippen LogP contribution in [0.25, 0.3) is 0 Å². The van der Waals surface area contributed by atoms with Gasteiger partial charge in [-0.2, -0.15) is 8.61 Å². The van der Waals surface area contributed by atoms with Gasteiger partial charge in [-0.05, 0) is 125 Å². The number of rotatable bonds is 10. The van der Waals surface area contributed by atoms with E-state index < -0.39 is 20.0 Å². The minimum atomic E-state index is -4.12. The van der Waals surface area contributed by atoms with Gasteiger partial charge in [0.15, 0.2) is 20.4 Å². The first-order chi connectivity index (χ1) is 19.3. The molecule has 4 N–H and O–H groups in total. The summed E-state index contributed by atoms with van der Waals surface area (Å²) in [6, 6.07) is 11.3. The quantitative estimate of drug-likeness (QED) is 0.275. The first-order valence-corrected chi connectivity index (χ1v) is 17.0. The van der Waals surface area contributed by atoms with Crippen LogP contribution in [0.15, 0.2) is 58.3 Å². The van der Waals surface area contributed by atoms with Crippen LogP contribution in [0.3, 0.4) is 0 Å². The molecule has 2 rings (SSSR count). The highest BCUT2D eigenvalue weighted by molar-refractivity contribution is 7.94. The summed E-state index contributed by atoms with van der Waals surface area (Å²) in [5, 5.41) is 11.0. The molecule has 17 heteroatoms. The van der Waals surface area contributed by atoms with Crippen molar-refractivity contribution in [1.29, 1.82) is 0 Å². The number of nitrogens with zero attached hydrogens (tertiary/aromatic N) is 2. The molecule has 0 radical (unpaired) electrons. The van der Waals surface area contributed by atoms with Crippen molar-refractivity contribution in [3.05, 3.63) is 48.5 Å². The maximum atomic E-state index is 13.3. The third-order valence-corrected chi connectivity index (χ3v) is 10.2. The standard InChI is InChI=1S/C24H32N6O5S6/c1-5-25-21(36)29(22(37)26-6-2)40(31,32)19-13-9-17(10-14-19)35-18-11-15-20(16-12-18)41(33,34)30(23(38)27-7-3)24(39)28-8-4/h9-16H,5-8H2,1-4H3,(H,25,36)(H,26,37)(H,27,38)(H,28,39). The molecular weight excluding hydrogens is 645 g/mol. The van der Waals surface area contributed by atoms with E-state index >= 15 is 0 Å². The van der Waals surface area contributed by atoms with Gasteiger partial charge in [0, 0.05) is 26.2 Å². The first kappa shape index (κ1) is 34.5. The molecule has 224 valence electrons. The Labute approximate surface area is 263 Å². The molecule has 0 heterocycles. The van der Waals surface area contributed by atoms with E-state index in [-0.39, 0.29) is 30.2 Å². The first-order valence-electron chi connectivity index (χ1n) is 12.4. The van der Waals surface area contributed by atoms with E-state index in [9.17, 15) is 16.8 Å². The third kappa shape index (κ3) is 8.65. The highest BCUT2D eigenvalue weighted by Gasteiger charge is 2.31. The van der Waals surface area contributed by atoms with Gasteiger partial charge in [0.25, 0.3) is 20.0 Å². The van der Waals surface area contributed by atoms with Gasteiger partial charge in [0.05, 0.1) is 9.79 Å². The monoisotopic (exact) mass is 676 g/mol. The molecule has 0 aliphatic carbocycles. The second kappa shape index (κ2) is 15.5. The molecule has 2 aromatic rings. The molecule has 0 aliphatic heterocycles. The molecule has 2 aromatic carbocycles. The van der Waals surface area contributed by atoms with Crippen molar-refractivity contribution in [3.63, 3.8) is 0 Å². The van der Waals surface area contributed by atoms with Crippen LogP contribution in [0.2, 0.25) is 0 Å². The summed E-state index contributed by atoms with van der Waals surface area (Å²) in [5.74, 6) is 0.635. The van der Waals surface area contributed by atoms with E-state index in [4.69, 9.17) is 53.6 Å². The van der Waals surface area contributed by atoms with E-state index in [0.717, 1.165) is 8.61 Å². The molecule has 0 bridgehead atoms. The summed E-state index contributed by atoms with van der Waals surface area (Å²) in [4.78, 5) is -0.111. The van der Waals surface area contributed by atoms with Gasteiger partial charge in [-0.1, -0.05) is 0 Å². The van der Waals surface area contributed by atoms with Crippen molar-refractivity contribution < 1.29 is 21.6 Å². The fraction of sp³-hybridized carbons (Fsp3) is 0.333. The van der Waals surface area contributed by atoms with Crippen molar-refractivity contribution in [1.82, 2.24) is 29.9 Å². The molecule has 0 spiro atoms. The molecule has 0 saturated heterocycles. The predicted molar refractivity (Wildman–Crippen MR) is 176 cm³/mol. The molecule has 0 fully saturated rings. The predicted octanol–water partition coefficient (Wildman–Crippen LogP) is 3.04. The Morgan fingerprint density at radius 1 is 0.561 bits per heavy atom. The SMILES string of the molecule is CCNC(=S)N(C(=S)NCC)S(=O)(=O)c1ccc(Oc2ccc(S(=O)(=O)N(C(=S)NCC)C(=S)NCC)cc2)cc1. The lowest BCUT2D eigenvalue weighted by Crippen LogP contribution is -2.51. The fourth-order valence-corrected chi connectivity index (χ4v) is 7.97. The lowest BCUT2D eigenvalue weighted by Gasteiger charge is -2.25. The largest absolute Gasteiger partial charge is 0.457 e. The minimum Gasteiger partial charge on any atom is -0.457 e. The summed E-state index contributed by atoms with van der Waals surface area (Å²) >= 11 is 21.0. The number of ether oxygens (including phenoxy) is 1. The normalized spacial score (nSPS) is 11.1. The van der Waals surface area contributed by atoms with Crippen molar-refractivity contribution in [3.8, 4) is 11.5 Å². The highest BCUT2D eigenvalue weighted by atomic mass is 32.2. The molecule has 11 nitrogen and oxygen atoms in total. The van der Waals surface area contributed by atoms with Gasteiger partial charge < -0.3 is 26.0 Å². The summed E-state index contributed by atoms with van der Waals surface area (Å²) in [6.07, 6.45) is 0. The van der Waals surface area contributed by atoms with Gasteiger partial charge in [-0.3, -0.25) is 0 Å². The summed E-state index contributed by atoms with van der Waals surface area (Å²) < 4.78 is 60.9. The van der Waals surface area contributed by atoms with Crippen LogP contribution in [-0.2, 0) is 20.0 Å². The fourth-order valence-electron chi connectivity index (χ4n) is 3.22. The third-order valence-electron chi connectivity index (χ3n) is 5.01. The van der Waals surface area contributed by atoms with Crippen molar-refractivity contribution in [2.75, 3.05) is 26.2 Å². The molecule has 0 aromatic heterocycles. The van der Waals surface area contributed by atoms with E-state index in [1.54, 1.807) is 27.7 Å².